The van der Waals surface area contributed by atoms with Crippen LogP contribution in [0.15, 0.2) is 77.1 Å². The number of thioether (sulfide) groups is 1. The Bertz CT molecular complexity index is 1230. The number of carbonyl (C=O) groups is 2. The molecule has 5 nitrogen and oxygen atoms in total. The van der Waals surface area contributed by atoms with Crippen LogP contribution in [0.3, 0.4) is 0 Å². The zero-order valence-electron chi connectivity index (χ0n) is 19.3. The van der Waals surface area contributed by atoms with Crippen molar-refractivity contribution in [2.24, 2.45) is 0 Å². The van der Waals surface area contributed by atoms with Gasteiger partial charge in [-0.05, 0) is 48.1 Å². The second-order valence-electron chi connectivity index (χ2n) is 8.07. The van der Waals surface area contributed by atoms with Crippen LogP contribution in [0.2, 0.25) is 0 Å². The highest BCUT2D eigenvalue weighted by Gasteiger charge is 2.12. The number of nitrogens with zero attached hydrogens (tertiary/aromatic N) is 1. The van der Waals surface area contributed by atoms with Gasteiger partial charge < -0.3 is 15.2 Å². The third kappa shape index (κ3) is 6.30. The number of fused-ring (bicyclic) bond motifs is 1. The fraction of sp³-hybridized carbons (Fsp3) is 0.259. The van der Waals surface area contributed by atoms with Crippen molar-refractivity contribution in [2.75, 3.05) is 17.6 Å². The minimum absolute atomic E-state index is 0.0219. The molecular formula is C27H29N3O2S2. The number of amides is 2. The van der Waals surface area contributed by atoms with E-state index in [2.05, 4.69) is 52.6 Å². The van der Waals surface area contributed by atoms with Crippen molar-refractivity contribution in [3.63, 3.8) is 0 Å². The molecule has 0 aliphatic heterocycles. The standard InChI is InChI=1S/C27H29N3O2S2/c1-2-3-7-20-11-13-21(14-12-20)29-26(31)19-34-25-18-30(23-9-5-4-8-22(23)25)16-15-28-27(32)24-10-6-17-33-24/h4-6,8-14,17-18H,2-3,7,15-16,19H2,1H3,(H,28,32)(H,29,31). The number of carbonyl (C=O) groups excluding carboxylic acids is 2. The Balaban J connectivity index is 1.33. The van der Waals surface area contributed by atoms with Crippen LogP contribution >= 0.6 is 23.1 Å². The van der Waals surface area contributed by atoms with Crippen molar-refractivity contribution >= 4 is 51.5 Å². The van der Waals surface area contributed by atoms with Gasteiger partial charge in [0.1, 0.15) is 0 Å². The molecule has 0 fully saturated rings. The number of anilines is 1. The van der Waals surface area contributed by atoms with Crippen molar-refractivity contribution in [2.45, 2.75) is 37.6 Å². The minimum Gasteiger partial charge on any atom is -0.350 e. The summed E-state index contributed by atoms with van der Waals surface area (Å²) in [6.45, 7) is 3.39. The second kappa shape index (κ2) is 11.9. The zero-order valence-corrected chi connectivity index (χ0v) is 20.9. The van der Waals surface area contributed by atoms with Crippen LogP contribution < -0.4 is 10.6 Å². The molecule has 2 aromatic carbocycles. The van der Waals surface area contributed by atoms with Crippen molar-refractivity contribution in [3.8, 4) is 0 Å². The monoisotopic (exact) mass is 491 g/mol. The van der Waals surface area contributed by atoms with E-state index in [1.807, 2.05) is 41.8 Å². The first-order valence-corrected chi connectivity index (χ1v) is 13.4. The molecule has 0 saturated heterocycles. The third-order valence-corrected chi connectivity index (χ3v) is 7.46. The molecule has 0 saturated carbocycles. The summed E-state index contributed by atoms with van der Waals surface area (Å²) in [5.74, 6) is 0.267. The maximum atomic E-state index is 12.6. The lowest BCUT2D eigenvalue weighted by Gasteiger charge is -2.07. The number of hydrogen-bond acceptors (Lipinski definition) is 4. The summed E-state index contributed by atoms with van der Waals surface area (Å²) in [5.41, 5.74) is 3.22. The lowest BCUT2D eigenvalue weighted by molar-refractivity contribution is -0.113. The molecule has 2 aromatic heterocycles. The number of benzene rings is 2. The summed E-state index contributed by atoms with van der Waals surface area (Å²) in [4.78, 5) is 26.5. The highest BCUT2D eigenvalue weighted by Crippen LogP contribution is 2.30. The van der Waals surface area contributed by atoms with E-state index in [-0.39, 0.29) is 11.8 Å². The second-order valence-corrected chi connectivity index (χ2v) is 10.0. The van der Waals surface area contributed by atoms with Crippen LogP contribution in [-0.4, -0.2) is 28.7 Å². The molecule has 2 heterocycles. The van der Waals surface area contributed by atoms with Gasteiger partial charge in [0.25, 0.3) is 5.91 Å². The SMILES string of the molecule is CCCCc1ccc(NC(=O)CSc2cn(CCNC(=O)c3cccs3)c3ccccc23)cc1. The number of thiophene rings is 1. The highest BCUT2D eigenvalue weighted by molar-refractivity contribution is 8.00. The lowest BCUT2D eigenvalue weighted by Crippen LogP contribution is -2.26. The van der Waals surface area contributed by atoms with E-state index in [0.29, 0.717) is 18.8 Å². The van der Waals surface area contributed by atoms with Gasteiger partial charge in [0.15, 0.2) is 0 Å². The molecule has 0 atom stereocenters. The van der Waals surface area contributed by atoms with E-state index in [1.165, 1.54) is 41.5 Å². The van der Waals surface area contributed by atoms with Crippen LogP contribution in [0.1, 0.15) is 35.0 Å². The molecule has 2 N–H and O–H groups in total. The highest BCUT2D eigenvalue weighted by atomic mass is 32.2. The van der Waals surface area contributed by atoms with E-state index in [0.717, 1.165) is 32.8 Å². The normalized spacial score (nSPS) is 11.0. The summed E-state index contributed by atoms with van der Waals surface area (Å²) in [6, 6.07) is 20.0. The molecule has 34 heavy (non-hydrogen) atoms. The molecule has 0 radical (unpaired) electrons. The van der Waals surface area contributed by atoms with Gasteiger partial charge in [0.05, 0.1) is 10.6 Å². The molecule has 0 unspecified atom stereocenters. The summed E-state index contributed by atoms with van der Waals surface area (Å²) >= 11 is 2.97. The van der Waals surface area contributed by atoms with Gasteiger partial charge >= 0.3 is 0 Å². The number of unbranched alkanes of at least 4 members (excludes halogenated alkanes) is 1. The largest absolute Gasteiger partial charge is 0.350 e. The Kier molecular flexibility index (Phi) is 8.44. The third-order valence-electron chi connectivity index (χ3n) is 5.55. The number of aryl methyl sites for hydroxylation is 1. The van der Waals surface area contributed by atoms with Crippen LogP contribution in [0.4, 0.5) is 5.69 Å². The smallest absolute Gasteiger partial charge is 0.261 e. The van der Waals surface area contributed by atoms with Crippen molar-refractivity contribution in [1.82, 2.24) is 9.88 Å². The minimum atomic E-state index is -0.0453. The summed E-state index contributed by atoms with van der Waals surface area (Å²) in [5, 5.41) is 8.99. The molecule has 0 bridgehead atoms. The van der Waals surface area contributed by atoms with Crippen molar-refractivity contribution in [3.05, 3.63) is 82.7 Å². The first kappa shape index (κ1) is 24.1. The fourth-order valence-corrected chi connectivity index (χ4v) is 5.30. The van der Waals surface area contributed by atoms with E-state index >= 15 is 0 Å². The number of rotatable bonds is 11. The van der Waals surface area contributed by atoms with Crippen LogP contribution in [0.25, 0.3) is 10.9 Å². The summed E-state index contributed by atoms with van der Waals surface area (Å²) in [7, 11) is 0. The molecule has 4 rings (SSSR count). The summed E-state index contributed by atoms with van der Waals surface area (Å²) in [6.07, 6.45) is 5.50. The number of para-hydroxylation sites is 1. The summed E-state index contributed by atoms with van der Waals surface area (Å²) < 4.78 is 2.14. The van der Waals surface area contributed by atoms with Gasteiger partial charge in [-0.2, -0.15) is 0 Å². The van der Waals surface area contributed by atoms with E-state index in [4.69, 9.17) is 0 Å². The predicted molar refractivity (Wildman–Crippen MR) is 143 cm³/mol. The van der Waals surface area contributed by atoms with Crippen LogP contribution in [0, 0.1) is 0 Å². The van der Waals surface area contributed by atoms with E-state index in [1.54, 1.807) is 0 Å². The first-order valence-electron chi connectivity index (χ1n) is 11.5. The zero-order chi connectivity index (χ0) is 23.8. The predicted octanol–water partition coefficient (Wildman–Crippen LogP) is 6.21. The maximum absolute atomic E-state index is 12.6. The topological polar surface area (TPSA) is 63.1 Å². The van der Waals surface area contributed by atoms with Crippen molar-refractivity contribution < 1.29 is 9.59 Å². The van der Waals surface area contributed by atoms with Gasteiger partial charge in [-0.3, -0.25) is 9.59 Å². The molecule has 7 heteroatoms. The lowest BCUT2D eigenvalue weighted by atomic mass is 10.1. The molecule has 176 valence electrons. The Hall–Kier alpha value is -3.03. The maximum Gasteiger partial charge on any atom is 0.261 e. The first-order chi connectivity index (χ1) is 16.6. The van der Waals surface area contributed by atoms with Crippen molar-refractivity contribution in [1.29, 1.82) is 0 Å². The molecule has 0 spiro atoms. The van der Waals surface area contributed by atoms with E-state index in [9.17, 15) is 9.59 Å². The molecule has 0 aliphatic carbocycles. The van der Waals surface area contributed by atoms with Crippen LogP contribution in [-0.2, 0) is 17.8 Å². The van der Waals surface area contributed by atoms with Crippen LogP contribution in [0.5, 0.6) is 0 Å². The van der Waals surface area contributed by atoms with Gasteiger partial charge in [-0.15, -0.1) is 23.1 Å². The molecule has 4 aromatic rings. The van der Waals surface area contributed by atoms with E-state index < -0.39 is 0 Å². The molecule has 2 amide bonds. The Morgan fingerprint density at radius 2 is 1.85 bits per heavy atom. The molecule has 0 aliphatic rings. The average molecular weight is 492 g/mol. The Labute approximate surface area is 208 Å². The quantitative estimate of drug-likeness (QED) is 0.245. The van der Waals surface area contributed by atoms with Gasteiger partial charge in [0, 0.05) is 40.8 Å². The molecular weight excluding hydrogens is 462 g/mol. The number of nitrogens with one attached hydrogen (secondary N) is 2. The Morgan fingerprint density at radius 1 is 1.03 bits per heavy atom. The van der Waals surface area contributed by atoms with Gasteiger partial charge in [-0.25, -0.2) is 0 Å². The Morgan fingerprint density at radius 3 is 2.62 bits per heavy atom. The van der Waals surface area contributed by atoms with Gasteiger partial charge in [-0.1, -0.05) is 49.7 Å². The number of aromatic nitrogens is 1. The van der Waals surface area contributed by atoms with Gasteiger partial charge in [0.2, 0.25) is 5.91 Å². The fourth-order valence-electron chi connectivity index (χ4n) is 3.77. The number of hydrogen-bond donors (Lipinski definition) is 2. The average Bonchev–Trinajstić information content (AvgIpc) is 3.51.